The van der Waals surface area contributed by atoms with Crippen LogP contribution in [0.1, 0.15) is 31.9 Å². The molecule has 0 aromatic heterocycles. The first-order valence-electron chi connectivity index (χ1n) is 9.07. The van der Waals surface area contributed by atoms with Gasteiger partial charge in [-0.1, -0.05) is 23.7 Å². The Kier molecular flexibility index (Phi) is 11.5. The van der Waals surface area contributed by atoms with Gasteiger partial charge >= 0.3 is 0 Å². The number of nitrogens with one attached hydrogen (secondary N) is 1. The predicted molar refractivity (Wildman–Crippen MR) is 119 cm³/mol. The number of benzene rings is 1. The van der Waals surface area contributed by atoms with Gasteiger partial charge in [0.2, 0.25) is 0 Å². The third-order valence-corrected chi connectivity index (χ3v) is 4.62. The number of rotatable bonds is 8. The molecule has 0 spiro atoms. The van der Waals surface area contributed by atoms with Gasteiger partial charge in [-0.2, -0.15) is 0 Å². The summed E-state index contributed by atoms with van der Waals surface area (Å²) in [5.74, 6) is 1.53. The van der Waals surface area contributed by atoms with Gasteiger partial charge in [-0.15, -0.1) is 24.0 Å². The molecular formula is C19H31ClIN3O2. The molecule has 1 aliphatic heterocycles. The van der Waals surface area contributed by atoms with Crippen molar-refractivity contribution in [3.8, 4) is 0 Å². The molecule has 1 aromatic rings. The van der Waals surface area contributed by atoms with Crippen molar-refractivity contribution in [2.45, 2.75) is 26.4 Å². The fourth-order valence-electron chi connectivity index (χ4n) is 3.06. The van der Waals surface area contributed by atoms with E-state index < -0.39 is 0 Å². The average molecular weight is 496 g/mol. The summed E-state index contributed by atoms with van der Waals surface area (Å²) in [6.45, 7) is 9.15. The molecule has 2 atom stereocenters. The number of halogens is 2. The highest BCUT2D eigenvalue weighted by atomic mass is 127. The molecule has 0 radical (unpaired) electrons. The van der Waals surface area contributed by atoms with Gasteiger partial charge in [0.05, 0.1) is 13.2 Å². The quantitative estimate of drug-likeness (QED) is 0.337. The molecule has 1 saturated heterocycles. The number of hydrogen-bond acceptors (Lipinski definition) is 3. The van der Waals surface area contributed by atoms with Gasteiger partial charge in [0.1, 0.15) is 6.10 Å². The van der Waals surface area contributed by atoms with E-state index in [1.54, 1.807) is 7.11 Å². The molecule has 0 saturated carbocycles. The Labute approximate surface area is 179 Å². The molecule has 5 nitrogen and oxygen atoms in total. The fraction of sp³-hybridized carbons (Fsp3) is 0.632. The minimum Gasteiger partial charge on any atom is -0.381 e. The molecule has 148 valence electrons. The van der Waals surface area contributed by atoms with E-state index >= 15 is 0 Å². The third-order valence-electron chi connectivity index (χ3n) is 4.39. The van der Waals surface area contributed by atoms with Crippen LogP contribution in [0.4, 0.5) is 0 Å². The highest BCUT2D eigenvalue weighted by Gasteiger charge is 2.25. The first-order chi connectivity index (χ1) is 12.2. The van der Waals surface area contributed by atoms with Gasteiger partial charge in [-0.25, -0.2) is 0 Å². The van der Waals surface area contributed by atoms with Crippen molar-refractivity contribution in [3.05, 3.63) is 34.9 Å². The maximum Gasteiger partial charge on any atom is 0.194 e. The zero-order chi connectivity index (χ0) is 18.1. The number of likely N-dealkylation sites (tertiary alicyclic amines) is 1. The number of ether oxygens (including phenoxy) is 2. The van der Waals surface area contributed by atoms with Crippen LogP contribution in [0, 0.1) is 5.92 Å². The molecule has 2 unspecified atom stereocenters. The fourth-order valence-corrected chi connectivity index (χ4v) is 3.26. The minimum atomic E-state index is -0.103. The third kappa shape index (κ3) is 7.21. The van der Waals surface area contributed by atoms with Crippen molar-refractivity contribution < 1.29 is 9.47 Å². The van der Waals surface area contributed by atoms with Crippen LogP contribution in [0.5, 0.6) is 0 Å². The zero-order valence-electron chi connectivity index (χ0n) is 15.9. The molecule has 2 rings (SSSR count). The molecule has 1 aliphatic rings. The van der Waals surface area contributed by atoms with E-state index in [1.807, 2.05) is 31.2 Å². The molecule has 7 heteroatoms. The Morgan fingerprint density at radius 1 is 1.42 bits per heavy atom. The lowest BCUT2D eigenvalue weighted by molar-refractivity contribution is 0.110. The Morgan fingerprint density at radius 2 is 2.23 bits per heavy atom. The number of hydrogen-bond donors (Lipinski definition) is 1. The highest BCUT2D eigenvalue weighted by Crippen LogP contribution is 2.21. The van der Waals surface area contributed by atoms with Crippen molar-refractivity contribution in [1.82, 2.24) is 10.2 Å². The normalized spacial score (nSPS) is 18.5. The Morgan fingerprint density at radius 3 is 2.88 bits per heavy atom. The average Bonchev–Trinajstić information content (AvgIpc) is 3.08. The summed E-state index contributed by atoms with van der Waals surface area (Å²) in [7, 11) is 1.71. The predicted octanol–water partition coefficient (Wildman–Crippen LogP) is 3.97. The lowest BCUT2D eigenvalue weighted by Crippen LogP contribution is -2.40. The molecule has 1 heterocycles. The van der Waals surface area contributed by atoms with Gasteiger partial charge in [0.25, 0.3) is 0 Å². The number of aliphatic imine (C=N–C) groups is 1. The van der Waals surface area contributed by atoms with Crippen molar-refractivity contribution in [2.75, 3.05) is 46.5 Å². The molecule has 1 N–H and O–H groups in total. The summed E-state index contributed by atoms with van der Waals surface area (Å²) in [6.07, 6.45) is 1.04. The van der Waals surface area contributed by atoms with Gasteiger partial charge in [0.15, 0.2) is 5.96 Å². The maximum absolute atomic E-state index is 6.10. The van der Waals surface area contributed by atoms with Gasteiger partial charge in [-0.3, -0.25) is 4.99 Å². The van der Waals surface area contributed by atoms with Crippen LogP contribution in [0.15, 0.2) is 29.3 Å². The van der Waals surface area contributed by atoms with Gasteiger partial charge in [0, 0.05) is 44.3 Å². The number of guanidine groups is 1. The summed E-state index contributed by atoms with van der Waals surface area (Å²) in [5, 5.41) is 4.11. The van der Waals surface area contributed by atoms with E-state index in [0.29, 0.717) is 17.5 Å². The summed E-state index contributed by atoms with van der Waals surface area (Å²) >= 11 is 6.10. The first kappa shape index (κ1) is 23.5. The molecule has 0 amide bonds. The zero-order valence-corrected chi connectivity index (χ0v) is 19.0. The van der Waals surface area contributed by atoms with E-state index in [9.17, 15) is 0 Å². The van der Waals surface area contributed by atoms with Crippen LogP contribution in [0.3, 0.4) is 0 Å². The topological polar surface area (TPSA) is 46.1 Å². The lowest BCUT2D eigenvalue weighted by atomic mass is 10.1. The van der Waals surface area contributed by atoms with Crippen LogP contribution < -0.4 is 5.32 Å². The summed E-state index contributed by atoms with van der Waals surface area (Å²) < 4.78 is 11.2. The Bertz CT molecular complexity index is 559. The van der Waals surface area contributed by atoms with Crippen molar-refractivity contribution in [1.29, 1.82) is 0 Å². The van der Waals surface area contributed by atoms with E-state index in [2.05, 4.69) is 17.1 Å². The first-order valence-corrected chi connectivity index (χ1v) is 9.44. The molecule has 1 fully saturated rings. The second kappa shape index (κ2) is 12.8. The lowest BCUT2D eigenvalue weighted by Gasteiger charge is -2.23. The summed E-state index contributed by atoms with van der Waals surface area (Å²) in [6, 6.07) is 7.77. The Balaban J connectivity index is 0.00000338. The van der Waals surface area contributed by atoms with Crippen LogP contribution in [-0.2, 0) is 9.47 Å². The van der Waals surface area contributed by atoms with Crippen molar-refractivity contribution >= 4 is 41.5 Å². The van der Waals surface area contributed by atoms with Gasteiger partial charge < -0.3 is 19.7 Å². The summed E-state index contributed by atoms with van der Waals surface area (Å²) in [5.41, 5.74) is 1.05. The van der Waals surface area contributed by atoms with Crippen LogP contribution >= 0.6 is 35.6 Å². The highest BCUT2D eigenvalue weighted by molar-refractivity contribution is 14.0. The minimum absolute atomic E-state index is 0. The Hall–Kier alpha value is -0.570. The molecule has 0 bridgehead atoms. The van der Waals surface area contributed by atoms with Crippen LogP contribution in [0.2, 0.25) is 5.02 Å². The van der Waals surface area contributed by atoms with Crippen molar-refractivity contribution in [2.24, 2.45) is 10.9 Å². The van der Waals surface area contributed by atoms with E-state index in [1.165, 1.54) is 0 Å². The number of methoxy groups -OCH3 is 1. The van der Waals surface area contributed by atoms with Crippen molar-refractivity contribution in [3.63, 3.8) is 0 Å². The number of nitrogens with zero attached hydrogens (tertiary/aromatic N) is 2. The van der Waals surface area contributed by atoms with E-state index in [0.717, 1.165) is 50.8 Å². The standard InChI is InChI=1S/C19H30ClN3O2.HI/c1-4-21-19(23-10-9-15(13-23)14-25-5-2)22-12-18(24-3)16-7-6-8-17(20)11-16;/h6-8,11,15,18H,4-5,9-10,12-14H2,1-3H3,(H,21,22);1H. The largest absolute Gasteiger partial charge is 0.381 e. The summed E-state index contributed by atoms with van der Waals surface area (Å²) in [4.78, 5) is 7.13. The molecular weight excluding hydrogens is 465 g/mol. The molecule has 26 heavy (non-hydrogen) atoms. The van der Waals surface area contributed by atoms with Crippen LogP contribution in [0.25, 0.3) is 0 Å². The second-order valence-corrected chi connectivity index (χ2v) is 6.67. The van der Waals surface area contributed by atoms with E-state index in [4.69, 9.17) is 26.1 Å². The monoisotopic (exact) mass is 495 g/mol. The smallest absolute Gasteiger partial charge is 0.194 e. The maximum atomic E-state index is 6.10. The van der Waals surface area contributed by atoms with Gasteiger partial charge in [-0.05, 0) is 38.0 Å². The second-order valence-electron chi connectivity index (χ2n) is 6.23. The SMILES string of the molecule is CCNC(=NCC(OC)c1cccc(Cl)c1)N1CCC(COCC)C1.I. The molecule has 1 aromatic carbocycles. The molecule has 0 aliphatic carbocycles. The van der Waals surface area contributed by atoms with E-state index in [-0.39, 0.29) is 30.1 Å². The van der Waals surface area contributed by atoms with Crippen LogP contribution in [-0.4, -0.2) is 57.4 Å².